The van der Waals surface area contributed by atoms with Crippen molar-refractivity contribution < 1.29 is 23.1 Å². The average molecular weight is 412 g/mol. The van der Waals surface area contributed by atoms with Crippen LogP contribution in [0.15, 0.2) is 65.7 Å². The fraction of sp³-hybridized carbons (Fsp3) is 0.0476. The molecule has 2 amide bonds. The molecule has 0 saturated carbocycles. The molecule has 0 fully saturated rings. The average Bonchev–Trinajstić information content (AvgIpc) is 3.31. The number of nitrogens with zero attached hydrogens (tertiary/aromatic N) is 1. The minimum atomic E-state index is -0.997. The first-order chi connectivity index (χ1) is 14.0. The molecule has 0 radical (unpaired) electrons. The van der Waals surface area contributed by atoms with Gasteiger partial charge in [-0.3, -0.25) is 9.59 Å². The van der Waals surface area contributed by atoms with E-state index in [2.05, 4.69) is 5.32 Å². The van der Waals surface area contributed by atoms with Gasteiger partial charge in [-0.2, -0.15) is 0 Å². The summed E-state index contributed by atoms with van der Waals surface area (Å²) >= 11 is 1.28. The molecule has 2 aromatic carbocycles. The number of carbonyl (C=O) groups is 2. The van der Waals surface area contributed by atoms with Gasteiger partial charge in [0.25, 0.3) is 11.8 Å². The standard InChI is InChI=1S/C21H14F2N2O3S/c1-28-14-7-5-13(6-8-14)24-19-18(17-3-2-10-29-17)20(26)25(21(19)27)16-9-4-12(22)11-15(16)23/h2-11,24H,1H3. The molecule has 1 aliphatic rings. The molecule has 0 bridgehead atoms. The highest BCUT2D eigenvalue weighted by Gasteiger charge is 2.41. The van der Waals surface area contributed by atoms with Gasteiger partial charge in [0.2, 0.25) is 0 Å². The number of benzene rings is 2. The second kappa shape index (κ2) is 7.48. The molecular weight excluding hydrogens is 398 g/mol. The van der Waals surface area contributed by atoms with Crippen molar-refractivity contribution in [3.8, 4) is 5.75 Å². The Bertz CT molecular complexity index is 1130. The minimum Gasteiger partial charge on any atom is -0.497 e. The van der Waals surface area contributed by atoms with Crippen LogP contribution in [0.2, 0.25) is 0 Å². The molecule has 1 aliphatic heterocycles. The summed E-state index contributed by atoms with van der Waals surface area (Å²) in [5, 5.41) is 4.73. The molecule has 0 unspecified atom stereocenters. The number of anilines is 2. The van der Waals surface area contributed by atoms with Crippen LogP contribution in [0.3, 0.4) is 0 Å². The van der Waals surface area contributed by atoms with Crippen molar-refractivity contribution in [1.82, 2.24) is 0 Å². The van der Waals surface area contributed by atoms with Crippen molar-refractivity contribution in [1.29, 1.82) is 0 Å². The van der Waals surface area contributed by atoms with Gasteiger partial charge in [0.1, 0.15) is 23.1 Å². The van der Waals surface area contributed by atoms with E-state index in [1.807, 2.05) is 0 Å². The van der Waals surface area contributed by atoms with Crippen molar-refractivity contribution in [2.24, 2.45) is 0 Å². The molecule has 0 saturated heterocycles. The van der Waals surface area contributed by atoms with E-state index in [4.69, 9.17) is 4.74 Å². The molecule has 1 N–H and O–H groups in total. The van der Waals surface area contributed by atoms with Gasteiger partial charge < -0.3 is 10.1 Å². The predicted octanol–water partition coefficient (Wildman–Crippen LogP) is 4.43. The van der Waals surface area contributed by atoms with Crippen molar-refractivity contribution in [2.75, 3.05) is 17.3 Å². The zero-order valence-corrected chi connectivity index (χ0v) is 15.9. The topological polar surface area (TPSA) is 58.6 Å². The lowest BCUT2D eigenvalue weighted by atomic mass is 10.2. The minimum absolute atomic E-state index is 0.0198. The highest BCUT2D eigenvalue weighted by molar-refractivity contribution is 7.11. The van der Waals surface area contributed by atoms with Gasteiger partial charge in [-0.1, -0.05) is 6.07 Å². The van der Waals surface area contributed by atoms with Crippen molar-refractivity contribution in [3.05, 3.63) is 82.2 Å². The normalized spacial score (nSPS) is 14.0. The monoisotopic (exact) mass is 412 g/mol. The van der Waals surface area contributed by atoms with Crippen LogP contribution in [-0.2, 0) is 9.59 Å². The first kappa shape index (κ1) is 18.8. The molecule has 146 valence electrons. The van der Waals surface area contributed by atoms with E-state index in [-0.39, 0.29) is 17.0 Å². The Balaban J connectivity index is 1.78. The van der Waals surface area contributed by atoms with E-state index >= 15 is 0 Å². The molecular formula is C21H14F2N2O3S. The van der Waals surface area contributed by atoms with Gasteiger partial charge in [0, 0.05) is 16.6 Å². The Hall–Kier alpha value is -3.52. The zero-order chi connectivity index (χ0) is 20.5. The Morgan fingerprint density at radius 3 is 2.38 bits per heavy atom. The van der Waals surface area contributed by atoms with Crippen LogP contribution in [0, 0.1) is 11.6 Å². The molecule has 0 aliphatic carbocycles. The molecule has 29 heavy (non-hydrogen) atoms. The Kier molecular flexibility index (Phi) is 4.85. The lowest BCUT2D eigenvalue weighted by Crippen LogP contribution is -2.33. The summed E-state index contributed by atoms with van der Waals surface area (Å²) in [6.45, 7) is 0. The third-order valence-electron chi connectivity index (χ3n) is 4.36. The molecule has 1 aromatic heterocycles. The quantitative estimate of drug-likeness (QED) is 0.630. The lowest BCUT2D eigenvalue weighted by Gasteiger charge is -2.16. The third-order valence-corrected chi connectivity index (χ3v) is 5.25. The van der Waals surface area contributed by atoms with Gasteiger partial charge in [0.05, 0.1) is 18.4 Å². The number of nitrogens with one attached hydrogen (secondary N) is 1. The number of amides is 2. The number of ether oxygens (including phenoxy) is 1. The zero-order valence-electron chi connectivity index (χ0n) is 15.1. The van der Waals surface area contributed by atoms with Crippen LogP contribution in [0.25, 0.3) is 5.57 Å². The predicted molar refractivity (Wildman–Crippen MR) is 107 cm³/mol. The van der Waals surface area contributed by atoms with Crippen LogP contribution < -0.4 is 15.0 Å². The fourth-order valence-electron chi connectivity index (χ4n) is 3.00. The summed E-state index contributed by atoms with van der Waals surface area (Å²) in [5.74, 6) is -2.57. The van der Waals surface area contributed by atoms with E-state index in [1.54, 1.807) is 41.8 Å². The Morgan fingerprint density at radius 1 is 1.00 bits per heavy atom. The van der Waals surface area contributed by atoms with Crippen molar-refractivity contribution in [2.45, 2.75) is 0 Å². The summed E-state index contributed by atoms with van der Waals surface area (Å²) in [4.78, 5) is 27.5. The molecule has 8 heteroatoms. The largest absolute Gasteiger partial charge is 0.497 e. The lowest BCUT2D eigenvalue weighted by molar-refractivity contribution is -0.120. The first-order valence-electron chi connectivity index (χ1n) is 8.52. The molecule has 3 aromatic rings. The maximum atomic E-state index is 14.3. The molecule has 4 rings (SSSR count). The van der Waals surface area contributed by atoms with E-state index in [0.29, 0.717) is 22.4 Å². The van der Waals surface area contributed by atoms with Crippen molar-refractivity contribution >= 4 is 40.1 Å². The van der Waals surface area contributed by atoms with Crippen molar-refractivity contribution in [3.63, 3.8) is 0 Å². The Morgan fingerprint density at radius 2 is 1.76 bits per heavy atom. The summed E-state index contributed by atoms with van der Waals surface area (Å²) in [6.07, 6.45) is 0. The first-order valence-corrected chi connectivity index (χ1v) is 9.40. The van der Waals surface area contributed by atoms with Crippen LogP contribution in [0.5, 0.6) is 5.75 Å². The summed E-state index contributed by atoms with van der Waals surface area (Å²) < 4.78 is 32.7. The Labute approximate surface area is 168 Å². The highest BCUT2D eigenvalue weighted by atomic mass is 32.1. The number of thiophene rings is 1. The van der Waals surface area contributed by atoms with Gasteiger partial charge >= 0.3 is 0 Å². The number of imide groups is 1. The summed E-state index contributed by atoms with van der Waals surface area (Å²) in [6, 6.07) is 12.9. The number of carbonyl (C=O) groups excluding carboxylic acids is 2. The molecule has 0 spiro atoms. The van der Waals surface area contributed by atoms with Crippen LogP contribution >= 0.6 is 11.3 Å². The van der Waals surface area contributed by atoms with Gasteiger partial charge in [0.15, 0.2) is 0 Å². The molecule has 2 heterocycles. The third kappa shape index (κ3) is 3.38. The van der Waals surface area contributed by atoms with E-state index in [0.717, 1.165) is 17.0 Å². The van der Waals surface area contributed by atoms with Gasteiger partial charge in [-0.15, -0.1) is 11.3 Å². The number of methoxy groups -OCH3 is 1. The summed E-state index contributed by atoms with van der Waals surface area (Å²) in [5.41, 5.74) is 0.398. The summed E-state index contributed by atoms with van der Waals surface area (Å²) in [7, 11) is 1.54. The molecule has 5 nitrogen and oxygen atoms in total. The number of hydrogen-bond acceptors (Lipinski definition) is 5. The van der Waals surface area contributed by atoms with Gasteiger partial charge in [-0.05, 0) is 47.8 Å². The SMILES string of the molecule is COc1ccc(NC2=C(c3cccs3)C(=O)N(c3ccc(F)cc3F)C2=O)cc1. The number of hydrogen-bond donors (Lipinski definition) is 1. The maximum absolute atomic E-state index is 14.3. The second-order valence-corrected chi connectivity index (χ2v) is 7.07. The fourth-order valence-corrected chi connectivity index (χ4v) is 3.76. The highest BCUT2D eigenvalue weighted by Crippen LogP contribution is 2.36. The molecule has 0 atom stereocenters. The van der Waals surface area contributed by atoms with Crippen LogP contribution in [0.4, 0.5) is 20.2 Å². The smallest absolute Gasteiger partial charge is 0.282 e. The maximum Gasteiger partial charge on any atom is 0.282 e. The second-order valence-electron chi connectivity index (χ2n) is 6.12. The van der Waals surface area contributed by atoms with Crippen LogP contribution in [0.1, 0.15) is 4.88 Å². The van der Waals surface area contributed by atoms with E-state index in [1.165, 1.54) is 18.4 Å². The van der Waals surface area contributed by atoms with E-state index < -0.39 is 23.4 Å². The van der Waals surface area contributed by atoms with Crippen LogP contribution in [-0.4, -0.2) is 18.9 Å². The van der Waals surface area contributed by atoms with Gasteiger partial charge in [-0.25, -0.2) is 13.7 Å². The van der Waals surface area contributed by atoms with E-state index in [9.17, 15) is 18.4 Å². The number of rotatable bonds is 5. The number of halogens is 2.